The molecule has 3 N–H and O–H groups in total. The van der Waals surface area contributed by atoms with Crippen LogP contribution in [0.1, 0.15) is 12.5 Å². The topological polar surface area (TPSA) is 72.9 Å². The second-order valence-electron chi connectivity index (χ2n) is 2.59. The number of amides is 1. The Hall–Kier alpha value is -1.52. The molecule has 0 aliphatic carbocycles. The summed E-state index contributed by atoms with van der Waals surface area (Å²) in [7, 11) is 1.76. The number of carbonyl (C=O) groups excluding carboxylic acids is 1. The average Bonchev–Trinajstić information content (AvgIpc) is 2.30. The molecule has 0 atom stereocenters. The van der Waals surface area contributed by atoms with Crippen molar-refractivity contribution < 1.29 is 4.79 Å². The molecule has 66 valence electrons. The second-order valence-corrected chi connectivity index (χ2v) is 2.59. The van der Waals surface area contributed by atoms with Gasteiger partial charge in [-0.15, -0.1) is 0 Å². The Morgan fingerprint density at radius 1 is 1.83 bits per heavy atom. The molecule has 1 aromatic heterocycles. The molecule has 0 spiro atoms. The monoisotopic (exact) mass is 168 g/mol. The Morgan fingerprint density at radius 3 is 2.92 bits per heavy atom. The van der Waals surface area contributed by atoms with Crippen LogP contribution in [-0.2, 0) is 18.4 Å². The van der Waals surface area contributed by atoms with Gasteiger partial charge in [0.25, 0.3) is 0 Å². The van der Waals surface area contributed by atoms with E-state index >= 15 is 0 Å². The van der Waals surface area contributed by atoms with Crippen molar-refractivity contribution in [1.82, 2.24) is 15.1 Å². The molecule has 12 heavy (non-hydrogen) atoms. The SMILES string of the molecule is CC(=O)NCc1cnn(C)c1N. The Balaban J connectivity index is 2.63. The third-order valence-corrected chi connectivity index (χ3v) is 1.59. The third kappa shape index (κ3) is 1.75. The molecule has 0 aliphatic heterocycles. The predicted octanol–water partition coefficient (Wildman–Crippen LogP) is -0.362. The molecule has 0 fully saturated rings. The van der Waals surface area contributed by atoms with Gasteiger partial charge in [-0.05, 0) is 0 Å². The Kier molecular flexibility index (Phi) is 2.32. The van der Waals surface area contributed by atoms with Gasteiger partial charge in [0.15, 0.2) is 0 Å². The van der Waals surface area contributed by atoms with E-state index in [2.05, 4.69) is 10.4 Å². The van der Waals surface area contributed by atoms with Crippen LogP contribution in [0.25, 0.3) is 0 Å². The van der Waals surface area contributed by atoms with Gasteiger partial charge < -0.3 is 11.1 Å². The van der Waals surface area contributed by atoms with E-state index in [4.69, 9.17) is 5.73 Å². The molecular weight excluding hydrogens is 156 g/mol. The number of hydrogen-bond acceptors (Lipinski definition) is 3. The fourth-order valence-electron chi connectivity index (χ4n) is 0.848. The highest BCUT2D eigenvalue weighted by atomic mass is 16.1. The van der Waals surface area contributed by atoms with Crippen molar-refractivity contribution in [3.8, 4) is 0 Å². The smallest absolute Gasteiger partial charge is 0.217 e. The number of rotatable bonds is 2. The summed E-state index contributed by atoms with van der Waals surface area (Å²) in [6.45, 7) is 1.90. The first-order chi connectivity index (χ1) is 5.61. The highest BCUT2D eigenvalue weighted by molar-refractivity contribution is 5.72. The fourth-order valence-corrected chi connectivity index (χ4v) is 0.848. The summed E-state index contributed by atoms with van der Waals surface area (Å²) in [5.41, 5.74) is 6.48. The lowest BCUT2D eigenvalue weighted by Crippen LogP contribution is -2.19. The zero-order valence-electron chi connectivity index (χ0n) is 7.16. The number of nitrogens with one attached hydrogen (secondary N) is 1. The van der Waals surface area contributed by atoms with Gasteiger partial charge >= 0.3 is 0 Å². The van der Waals surface area contributed by atoms with E-state index in [1.807, 2.05) is 0 Å². The van der Waals surface area contributed by atoms with Crippen molar-refractivity contribution >= 4 is 11.7 Å². The van der Waals surface area contributed by atoms with Crippen molar-refractivity contribution in [2.24, 2.45) is 7.05 Å². The normalized spacial score (nSPS) is 9.83. The summed E-state index contributed by atoms with van der Waals surface area (Å²) in [6, 6.07) is 0. The molecule has 5 heteroatoms. The van der Waals surface area contributed by atoms with E-state index in [1.54, 1.807) is 17.9 Å². The van der Waals surface area contributed by atoms with Crippen molar-refractivity contribution in [2.75, 3.05) is 5.73 Å². The molecule has 1 heterocycles. The molecule has 0 radical (unpaired) electrons. The molecule has 0 saturated carbocycles. The lowest BCUT2D eigenvalue weighted by molar-refractivity contribution is -0.119. The molecule has 0 aliphatic rings. The minimum absolute atomic E-state index is 0.0711. The first kappa shape index (κ1) is 8.58. The molecule has 0 aromatic carbocycles. The molecule has 0 bridgehead atoms. The molecular formula is C7H12N4O. The van der Waals surface area contributed by atoms with Crippen LogP contribution in [0.5, 0.6) is 0 Å². The minimum atomic E-state index is -0.0711. The van der Waals surface area contributed by atoms with Crippen molar-refractivity contribution in [3.63, 3.8) is 0 Å². The van der Waals surface area contributed by atoms with Gasteiger partial charge in [-0.25, -0.2) is 0 Å². The number of aromatic nitrogens is 2. The Bertz CT molecular complexity index is 292. The standard InChI is InChI=1S/C7H12N4O/c1-5(12)9-3-6-4-10-11(2)7(6)8/h4H,3,8H2,1-2H3,(H,9,12). The van der Waals surface area contributed by atoms with Crippen LogP contribution < -0.4 is 11.1 Å². The van der Waals surface area contributed by atoms with Gasteiger partial charge in [-0.2, -0.15) is 5.10 Å². The van der Waals surface area contributed by atoms with Gasteiger partial charge in [0, 0.05) is 26.1 Å². The maximum atomic E-state index is 10.6. The summed E-state index contributed by atoms with van der Waals surface area (Å²) in [5, 5.41) is 6.58. The molecule has 1 amide bonds. The fraction of sp³-hybridized carbons (Fsp3) is 0.429. The van der Waals surface area contributed by atoms with E-state index in [0.29, 0.717) is 12.4 Å². The largest absolute Gasteiger partial charge is 0.384 e. The lowest BCUT2D eigenvalue weighted by Gasteiger charge is -2.00. The summed E-state index contributed by atoms with van der Waals surface area (Å²) in [6.07, 6.45) is 1.64. The van der Waals surface area contributed by atoms with E-state index in [-0.39, 0.29) is 5.91 Å². The van der Waals surface area contributed by atoms with Gasteiger partial charge in [-0.1, -0.05) is 0 Å². The van der Waals surface area contributed by atoms with Crippen molar-refractivity contribution in [2.45, 2.75) is 13.5 Å². The second kappa shape index (κ2) is 3.25. The molecule has 1 aromatic rings. The van der Waals surface area contributed by atoms with Crippen LogP contribution in [0.3, 0.4) is 0 Å². The highest BCUT2D eigenvalue weighted by Gasteiger charge is 2.03. The maximum Gasteiger partial charge on any atom is 0.217 e. The summed E-state index contributed by atoms with van der Waals surface area (Å²) in [4.78, 5) is 10.6. The number of nitrogen functional groups attached to an aromatic ring is 1. The predicted molar refractivity (Wildman–Crippen MR) is 45.1 cm³/mol. The van der Waals surface area contributed by atoms with E-state index in [1.165, 1.54) is 6.92 Å². The number of aryl methyl sites for hydroxylation is 1. The summed E-state index contributed by atoms with van der Waals surface area (Å²) in [5.74, 6) is 0.516. The molecule has 1 rings (SSSR count). The number of carbonyl (C=O) groups is 1. The lowest BCUT2D eigenvalue weighted by atomic mass is 10.3. The van der Waals surface area contributed by atoms with Crippen molar-refractivity contribution in [3.05, 3.63) is 11.8 Å². The minimum Gasteiger partial charge on any atom is -0.384 e. The zero-order valence-corrected chi connectivity index (χ0v) is 7.16. The van der Waals surface area contributed by atoms with Gasteiger partial charge in [0.05, 0.1) is 6.20 Å². The first-order valence-corrected chi connectivity index (χ1v) is 3.62. The quantitative estimate of drug-likeness (QED) is 0.633. The van der Waals surface area contributed by atoms with Gasteiger partial charge in [-0.3, -0.25) is 9.48 Å². The van der Waals surface area contributed by atoms with Crippen LogP contribution in [0.2, 0.25) is 0 Å². The maximum absolute atomic E-state index is 10.6. The molecule has 0 unspecified atom stereocenters. The Morgan fingerprint density at radius 2 is 2.50 bits per heavy atom. The van der Waals surface area contributed by atoms with Crippen LogP contribution in [-0.4, -0.2) is 15.7 Å². The highest BCUT2D eigenvalue weighted by Crippen LogP contribution is 2.07. The third-order valence-electron chi connectivity index (χ3n) is 1.59. The van der Waals surface area contributed by atoms with Crippen LogP contribution >= 0.6 is 0 Å². The zero-order chi connectivity index (χ0) is 9.14. The summed E-state index contributed by atoms with van der Waals surface area (Å²) < 4.78 is 1.57. The van der Waals surface area contributed by atoms with Gasteiger partial charge in [0.1, 0.15) is 5.82 Å². The van der Waals surface area contributed by atoms with Crippen LogP contribution in [0.4, 0.5) is 5.82 Å². The van der Waals surface area contributed by atoms with E-state index < -0.39 is 0 Å². The number of nitrogens with zero attached hydrogens (tertiary/aromatic N) is 2. The molecule has 0 saturated heterocycles. The molecule has 5 nitrogen and oxygen atoms in total. The number of anilines is 1. The number of nitrogens with two attached hydrogens (primary N) is 1. The van der Waals surface area contributed by atoms with E-state index in [9.17, 15) is 4.79 Å². The van der Waals surface area contributed by atoms with Crippen LogP contribution in [0.15, 0.2) is 6.20 Å². The van der Waals surface area contributed by atoms with Gasteiger partial charge in [0.2, 0.25) is 5.91 Å². The number of hydrogen-bond donors (Lipinski definition) is 2. The Labute approximate surface area is 70.5 Å². The van der Waals surface area contributed by atoms with Crippen LogP contribution in [0, 0.1) is 0 Å². The van der Waals surface area contributed by atoms with E-state index in [0.717, 1.165) is 5.56 Å². The summed E-state index contributed by atoms with van der Waals surface area (Å²) >= 11 is 0. The van der Waals surface area contributed by atoms with Crippen molar-refractivity contribution in [1.29, 1.82) is 0 Å². The first-order valence-electron chi connectivity index (χ1n) is 3.62. The average molecular weight is 168 g/mol.